The van der Waals surface area contributed by atoms with Gasteiger partial charge < -0.3 is 9.73 Å². The van der Waals surface area contributed by atoms with Crippen LogP contribution in [0.15, 0.2) is 29.1 Å². The number of nitrogens with zero attached hydrogens (tertiary/aromatic N) is 2. The number of halogens is 1. The van der Waals surface area contributed by atoms with E-state index >= 15 is 0 Å². The summed E-state index contributed by atoms with van der Waals surface area (Å²) in [5.74, 6) is 2.02. The summed E-state index contributed by atoms with van der Waals surface area (Å²) in [4.78, 5) is 8.33. The molecule has 0 spiro atoms. The van der Waals surface area contributed by atoms with Gasteiger partial charge in [-0.15, -0.1) is 0 Å². The molecule has 0 aliphatic rings. The molecule has 2 rings (SSSR count). The molecule has 4 nitrogen and oxygen atoms in total. The van der Waals surface area contributed by atoms with Crippen LogP contribution >= 0.6 is 11.6 Å². The van der Waals surface area contributed by atoms with E-state index < -0.39 is 0 Å². The first kappa shape index (κ1) is 13.9. The summed E-state index contributed by atoms with van der Waals surface area (Å²) >= 11 is 6.14. The first-order chi connectivity index (χ1) is 9.08. The third-order valence-electron chi connectivity index (χ3n) is 2.88. The van der Waals surface area contributed by atoms with E-state index in [1.165, 1.54) is 6.33 Å². The Balaban J connectivity index is 2.12. The lowest BCUT2D eigenvalue weighted by atomic mass is 10.1. The van der Waals surface area contributed by atoms with Crippen LogP contribution in [0.25, 0.3) is 0 Å². The fraction of sp³-hybridized carbons (Fsp3) is 0.429. The maximum Gasteiger partial charge on any atom is 0.138 e. The van der Waals surface area contributed by atoms with Crippen molar-refractivity contribution in [2.24, 2.45) is 0 Å². The molecule has 0 amide bonds. The number of anilines is 1. The SMILES string of the molecule is CC(Cc1ccco1)Nc1ncnc(Cl)c1C(C)C. The van der Waals surface area contributed by atoms with Crippen LogP contribution in [0, 0.1) is 0 Å². The van der Waals surface area contributed by atoms with Crippen molar-refractivity contribution in [3.63, 3.8) is 0 Å². The van der Waals surface area contributed by atoms with E-state index in [-0.39, 0.29) is 12.0 Å². The summed E-state index contributed by atoms with van der Waals surface area (Å²) in [6, 6.07) is 4.06. The molecular formula is C14H18ClN3O. The first-order valence-electron chi connectivity index (χ1n) is 6.37. The second-order valence-electron chi connectivity index (χ2n) is 4.91. The quantitative estimate of drug-likeness (QED) is 0.844. The van der Waals surface area contributed by atoms with Crippen molar-refractivity contribution in [2.45, 2.75) is 39.2 Å². The molecule has 19 heavy (non-hydrogen) atoms. The van der Waals surface area contributed by atoms with Crippen molar-refractivity contribution in [1.82, 2.24) is 9.97 Å². The zero-order valence-corrected chi connectivity index (χ0v) is 12.1. The third kappa shape index (κ3) is 3.47. The minimum Gasteiger partial charge on any atom is -0.469 e. The molecule has 0 radical (unpaired) electrons. The van der Waals surface area contributed by atoms with Crippen LogP contribution in [-0.2, 0) is 6.42 Å². The highest BCUT2D eigenvalue weighted by Gasteiger charge is 2.15. The number of hydrogen-bond donors (Lipinski definition) is 1. The molecule has 1 atom stereocenters. The van der Waals surface area contributed by atoms with E-state index in [9.17, 15) is 0 Å². The van der Waals surface area contributed by atoms with E-state index in [0.29, 0.717) is 5.15 Å². The average molecular weight is 280 g/mol. The number of nitrogens with one attached hydrogen (secondary N) is 1. The fourth-order valence-corrected chi connectivity index (χ4v) is 2.37. The molecule has 0 bridgehead atoms. The van der Waals surface area contributed by atoms with Gasteiger partial charge in [0.15, 0.2) is 0 Å². The molecule has 1 N–H and O–H groups in total. The van der Waals surface area contributed by atoms with Crippen LogP contribution in [0.3, 0.4) is 0 Å². The highest BCUT2D eigenvalue weighted by Crippen LogP contribution is 2.28. The predicted molar refractivity (Wildman–Crippen MR) is 76.6 cm³/mol. The van der Waals surface area contributed by atoms with Gasteiger partial charge in [0.1, 0.15) is 23.1 Å². The first-order valence-corrected chi connectivity index (χ1v) is 6.75. The Morgan fingerprint density at radius 1 is 1.32 bits per heavy atom. The molecule has 0 saturated heterocycles. The lowest BCUT2D eigenvalue weighted by molar-refractivity contribution is 0.497. The normalized spacial score (nSPS) is 12.7. The zero-order valence-electron chi connectivity index (χ0n) is 11.4. The molecular weight excluding hydrogens is 262 g/mol. The molecule has 5 heteroatoms. The van der Waals surface area contributed by atoms with Crippen molar-refractivity contribution < 1.29 is 4.42 Å². The van der Waals surface area contributed by atoms with Crippen molar-refractivity contribution in [1.29, 1.82) is 0 Å². The van der Waals surface area contributed by atoms with E-state index in [1.807, 2.05) is 12.1 Å². The smallest absolute Gasteiger partial charge is 0.138 e. The van der Waals surface area contributed by atoms with Crippen molar-refractivity contribution >= 4 is 17.4 Å². The summed E-state index contributed by atoms with van der Waals surface area (Å²) in [7, 11) is 0. The van der Waals surface area contributed by atoms with Crippen molar-refractivity contribution in [3.05, 3.63) is 41.2 Å². The van der Waals surface area contributed by atoms with E-state index in [4.69, 9.17) is 16.0 Å². The number of aromatic nitrogens is 2. The molecule has 0 fully saturated rings. The van der Waals surface area contributed by atoms with Crippen LogP contribution in [0.1, 0.15) is 38.0 Å². The Kier molecular flexibility index (Phi) is 4.43. The van der Waals surface area contributed by atoms with Crippen LogP contribution in [-0.4, -0.2) is 16.0 Å². The van der Waals surface area contributed by atoms with Gasteiger partial charge in [-0.3, -0.25) is 0 Å². The summed E-state index contributed by atoms with van der Waals surface area (Å²) in [5.41, 5.74) is 0.954. The second-order valence-corrected chi connectivity index (χ2v) is 5.27. The zero-order chi connectivity index (χ0) is 13.8. The largest absolute Gasteiger partial charge is 0.469 e. The maximum atomic E-state index is 6.14. The summed E-state index contributed by atoms with van der Waals surface area (Å²) < 4.78 is 5.34. The van der Waals surface area contributed by atoms with Crippen LogP contribution in [0.5, 0.6) is 0 Å². The van der Waals surface area contributed by atoms with Crippen LogP contribution in [0.4, 0.5) is 5.82 Å². The highest BCUT2D eigenvalue weighted by atomic mass is 35.5. The molecule has 2 aromatic heterocycles. The molecule has 102 valence electrons. The van der Waals surface area contributed by atoms with Gasteiger partial charge in [0.05, 0.1) is 6.26 Å². The minimum atomic E-state index is 0.203. The summed E-state index contributed by atoms with van der Waals surface area (Å²) in [6.45, 7) is 6.24. The summed E-state index contributed by atoms with van der Waals surface area (Å²) in [6.07, 6.45) is 3.96. The van der Waals surface area contributed by atoms with Gasteiger partial charge in [-0.25, -0.2) is 9.97 Å². The molecule has 2 aromatic rings. The van der Waals surface area contributed by atoms with Crippen molar-refractivity contribution in [3.8, 4) is 0 Å². The van der Waals surface area contributed by atoms with Gasteiger partial charge in [-0.05, 0) is 25.0 Å². The summed E-state index contributed by atoms with van der Waals surface area (Å²) in [5, 5.41) is 3.89. The Labute approximate surface area is 118 Å². The molecule has 0 saturated carbocycles. The van der Waals surface area contributed by atoms with Gasteiger partial charge in [0, 0.05) is 18.0 Å². The predicted octanol–water partition coefficient (Wildman–Crippen LogP) is 3.89. The van der Waals surface area contributed by atoms with Crippen molar-refractivity contribution in [2.75, 3.05) is 5.32 Å². The Morgan fingerprint density at radius 2 is 2.11 bits per heavy atom. The molecule has 0 aliphatic carbocycles. The molecule has 2 heterocycles. The molecule has 1 unspecified atom stereocenters. The lowest BCUT2D eigenvalue weighted by Crippen LogP contribution is -2.20. The Bertz CT molecular complexity index is 525. The standard InChI is InChI=1S/C14H18ClN3O/c1-9(2)12-13(15)16-8-17-14(12)18-10(3)7-11-5-4-6-19-11/h4-6,8-10H,7H2,1-3H3,(H,16,17,18). The fourth-order valence-electron chi connectivity index (χ4n) is 2.02. The maximum absolute atomic E-state index is 6.14. The van der Waals surface area contributed by atoms with Gasteiger partial charge in [0.2, 0.25) is 0 Å². The van der Waals surface area contributed by atoms with Gasteiger partial charge in [-0.2, -0.15) is 0 Å². The monoisotopic (exact) mass is 279 g/mol. The average Bonchev–Trinajstić information content (AvgIpc) is 2.81. The van der Waals surface area contributed by atoms with E-state index in [2.05, 4.69) is 36.1 Å². The Hall–Kier alpha value is -1.55. The molecule has 0 aliphatic heterocycles. The van der Waals surface area contributed by atoms with E-state index in [1.54, 1.807) is 6.26 Å². The Morgan fingerprint density at radius 3 is 2.74 bits per heavy atom. The lowest BCUT2D eigenvalue weighted by Gasteiger charge is -2.18. The topological polar surface area (TPSA) is 51.0 Å². The second kappa shape index (κ2) is 6.06. The minimum absolute atomic E-state index is 0.203. The third-order valence-corrected chi connectivity index (χ3v) is 3.18. The van der Waals surface area contributed by atoms with Crippen LogP contribution < -0.4 is 5.32 Å². The van der Waals surface area contributed by atoms with Gasteiger partial charge in [0.25, 0.3) is 0 Å². The van der Waals surface area contributed by atoms with Gasteiger partial charge in [-0.1, -0.05) is 25.4 Å². The number of furan rings is 1. The highest BCUT2D eigenvalue weighted by molar-refractivity contribution is 6.30. The van der Waals surface area contributed by atoms with Crippen LogP contribution in [0.2, 0.25) is 5.15 Å². The number of hydrogen-bond acceptors (Lipinski definition) is 4. The molecule has 0 aromatic carbocycles. The number of rotatable bonds is 5. The van der Waals surface area contributed by atoms with E-state index in [0.717, 1.165) is 23.6 Å². The van der Waals surface area contributed by atoms with Gasteiger partial charge >= 0.3 is 0 Å².